The first-order valence-electron chi connectivity index (χ1n) is 10.2. The van der Waals surface area contributed by atoms with Crippen LogP contribution in [-0.2, 0) is 0 Å². The molecular weight excluding hydrogens is 426 g/mol. The molecule has 1 saturated heterocycles. The molecule has 1 amide bonds. The smallest absolute Gasteiger partial charge is 0.326 e. The number of aromatic amines is 1. The Labute approximate surface area is 182 Å². The van der Waals surface area contributed by atoms with E-state index in [1.165, 1.54) is 6.07 Å². The number of nitrogens with one attached hydrogen (secondary N) is 2. The molecule has 3 aromatic rings. The molecule has 1 aromatic heterocycles. The quantitative estimate of drug-likeness (QED) is 0.625. The molecule has 1 atom stereocenters. The third-order valence-corrected chi connectivity index (χ3v) is 5.93. The minimum absolute atomic E-state index is 0.0864. The molecule has 0 saturated carbocycles. The summed E-state index contributed by atoms with van der Waals surface area (Å²) in [6.07, 6.45) is 1.61. The van der Waals surface area contributed by atoms with Gasteiger partial charge in [-0.25, -0.2) is 13.6 Å². The minimum Gasteiger partial charge on any atom is -0.348 e. The van der Waals surface area contributed by atoms with Crippen molar-refractivity contribution >= 4 is 28.5 Å². The van der Waals surface area contributed by atoms with Gasteiger partial charge in [0.15, 0.2) is 11.6 Å². The van der Waals surface area contributed by atoms with Crippen LogP contribution in [0.3, 0.4) is 0 Å². The lowest BCUT2D eigenvalue weighted by atomic mass is 10.0. The van der Waals surface area contributed by atoms with Gasteiger partial charge in [0, 0.05) is 42.3 Å². The van der Waals surface area contributed by atoms with Crippen molar-refractivity contribution in [3.63, 3.8) is 0 Å². The maximum absolute atomic E-state index is 13.4. The van der Waals surface area contributed by atoms with Crippen LogP contribution in [0.2, 0.25) is 5.02 Å². The van der Waals surface area contributed by atoms with E-state index in [2.05, 4.69) is 15.2 Å². The van der Waals surface area contributed by atoms with Gasteiger partial charge in [-0.05, 0) is 56.2 Å². The Morgan fingerprint density at radius 1 is 1.19 bits per heavy atom. The molecule has 0 spiro atoms. The van der Waals surface area contributed by atoms with Crippen LogP contribution in [0.5, 0.6) is 0 Å². The number of H-pyrrole nitrogens is 1. The Hall–Kier alpha value is -2.71. The third-order valence-electron chi connectivity index (χ3n) is 5.69. The Kier molecular flexibility index (Phi) is 6.11. The molecule has 4 rings (SSSR count). The standard InChI is InChI=1S/C22H23ClF2N4O2/c1-13(26-21(30)14-2-4-17(24)18(25)10-14)12-28-8-6-16(7-9-28)29-20-5-3-15(23)11-19(20)27-22(29)31/h2-5,10-11,13,16H,6-9,12H2,1H3,(H,26,30)(H,27,31). The molecule has 2 N–H and O–H groups in total. The van der Waals surface area contributed by atoms with E-state index < -0.39 is 17.5 Å². The minimum atomic E-state index is -1.04. The van der Waals surface area contributed by atoms with Crippen molar-refractivity contribution in [1.82, 2.24) is 19.8 Å². The van der Waals surface area contributed by atoms with E-state index in [-0.39, 0.29) is 23.3 Å². The molecule has 31 heavy (non-hydrogen) atoms. The number of carbonyl (C=O) groups excluding carboxylic acids is 1. The van der Waals surface area contributed by atoms with Crippen molar-refractivity contribution in [2.75, 3.05) is 19.6 Å². The molecule has 2 heterocycles. The number of nitrogens with zero attached hydrogens (tertiary/aromatic N) is 2. The van der Waals surface area contributed by atoms with E-state index in [1.807, 2.05) is 13.0 Å². The van der Waals surface area contributed by atoms with Crippen LogP contribution < -0.4 is 11.0 Å². The van der Waals surface area contributed by atoms with Crippen LogP contribution in [0.15, 0.2) is 41.2 Å². The number of benzene rings is 2. The summed E-state index contributed by atoms with van der Waals surface area (Å²) in [5, 5.41) is 3.40. The summed E-state index contributed by atoms with van der Waals surface area (Å²) in [5.41, 5.74) is 1.53. The first-order chi connectivity index (χ1) is 14.8. The number of imidazole rings is 1. The van der Waals surface area contributed by atoms with E-state index >= 15 is 0 Å². The molecule has 0 aliphatic carbocycles. The molecule has 1 unspecified atom stereocenters. The number of fused-ring (bicyclic) bond motifs is 1. The lowest BCUT2D eigenvalue weighted by Gasteiger charge is -2.34. The highest BCUT2D eigenvalue weighted by atomic mass is 35.5. The number of likely N-dealkylation sites (tertiary alicyclic amines) is 1. The van der Waals surface area contributed by atoms with Crippen LogP contribution in [0.1, 0.15) is 36.2 Å². The van der Waals surface area contributed by atoms with Gasteiger partial charge >= 0.3 is 5.69 Å². The second-order valence-electron chi connectivity index (χ2n) is 8.00. The van der Waals surface area contributed by atoms with Gasteiger partial charge in [0.2, 0.25) is 0 Å². The fourth-order valence-electron chi connectivity index (χ4n) is 4.20. The Morgan fingerprint density at radius 2 is 1.94 bits per heavy atom. The predicted octanol–water partition coefficient (Wildman–Crippen LogP) is 3.72. The van der Waals surface area contributed by atoms with E-state index in [0.29, 0.717) is 11.6 Å². The summed E-state index contributed by atoms with van der Waals surface area (Å²) < 4.78 is 28.2. The molecule has 1 fully saturated rings. The number of rotatable bonds is 5. The molecule has 9 heteroatoms. The van der Waals surface area contributed by atoms with Gasteiger partial charge in [-0.15, -0.1) is 0 Å². The van der Waals surface area contributed by atoms with Crippen LogP contribution in [0.4, 0.5) is 8.78 Å². The largest absolute Gasteiger partial charge is 0.348 e. The monoisotopic (exact) mass is 448 g/mol. The molecule has 164 valence electrons. The van der Waals surface area contributed by atoms with Crippen molar-refractivity contribution in [3.8, 4) is 0 Å². The van der Waals surface area contributed by atoms with Crippen molar-refractivity contribution < 1.29 is 13.6 Å². The maximum Gasteiger partial charge on any atom is 0.326 e. The summed E-state index contributed by atoms with van der Waals surface area (Å²) in [5.74, 6) is -2.47. The molecule has 1 aliphatic rings. The van der Waals surface area contributed by atoms with Gasteiger partial charge < -0.3 is 15.2 Å². The predicted molar refractivity (Wildman–Crippen MR) is 116 cm³/mol. The summed E-state index contributed by atoms with van der Waals surface area (Å²) in [4.78, 5) is 29.8. The van der Waals surface area contributed by atoms with Crippen LogP contribution in [0, 0.1) is 11.6 Å². The zero-order valence-electron chi connectivity index (χ0n) is 17.0. The van der Waals surface area contributed by atoms with Crippen molar-refractivity contribution in [2.45, 2.75) is 31.8 Å². The fourth-order valence-corrected chi connectivity index (χ4v) is 4.38. The maximum atomic E-state index is 13.4. The normalized spacial score (nSPS) is 16.5. The zero-order chi connectivity index (χ0) is 22.1. The molecule has 6 nitrogen and oxygen atoms in total. The number of halogens is 3. The van der Waals surface area contributed by atoms with Crippen LogP contribution in [0.25, 0.3) is 11.0 Å². The molecule has 2 aromatic carbocycles. The average Bonchev–Trinajstić information content (AvgIpc) is 3.05. The van der Waals surface area contributed by atoms with E-state index in [9.17, 15) is 18.4 Å². The number of hydrogen-bond acceptors (Lipinski definition) is 3. The van der Waals surface area contributed by atoms with Crippen LogP contribution in [-0.4, -0.2) is 46.0 Å². The summed E-state index contributed by atoms with van der Waals surface area (Å²) in [7, 11) is 0. The molecular formula is C22H23ClF2N4O2. The highest BCUT2D eigenvalue weighted by Crippen LogP contribution is 2.26. The van der Waals surface area contributed by atoms with Crippen LogP contribution >= 0.6 is 11.6 Å². The first kappa shape index (κ1) is 21.5. The number of hydrogen-bond donors (Lipinski definition) is 2. The molecule has 1 aliphatic heterocycles. The summed E-state index contributed by atoms with van der Waals surface area (Å²) >= 11 is 6.02. The van der Waals surface area contributed by atoms with E-state index in [1.54, 1.807) is 16.7 Å². The average molecular weight is 449 g/mol. The third kappa shape index (κ3) is 4.65. The number of aromatic nitrogens is 2. The highest BCUT2D eigenvalue weighted by Gasteiger charge is 2.25. The van der Waals surface area contributed by atoms with Crippen molar-refractivity contribution in [1.29, 1.82) is 0 Å². The number of carbonyl (C=O) groups is 1. The number of amides is 1. The van der Waals surface area contributed by atoms with Gasteiger partial charge in [-0.2, -0.15) is 0 Å². The van der Waals surface area contributed by atoms with Gasteiger partial charge in [0.25, 0.3) is 5.91 Å². The van der Waals surface area contributed by atoms with Crippen molar-refractivity contribution in [3.05, 3.63) is 69.1 Å². The van der Waals surface area contributed by atoms with E-state index in [0.717, 1.165) is 49.1 Å². The Morgan fingerprint density at radius 3 is 2.65 bits per heavy atom. The second kappa shape index (κ2) is 8.80. The highest BCUT2D eigenvalue weighted by molar-refractivity contribution is 6.31. The summed E-state index contributed by atoms with van der Waals surface area (Å²) in [6, 6.07) is 8.41. The Bertz CT molecular complexity index is 1170. The van der Waals surface area contributed by atoms with Gasteiger partial charge in [0.1, 0.15) is 0 Å². The SMILES string of the molecule is CC(CN1CCC(n2c(=O)[nH]c3cc(Cl)ccc32)CC1)NC(=O)c1ccc(F)c(F)c1. The lowest BCUT2D eigenvalue weighted by Crippen LogP contribution is -2.45. The van der Waals surface area contributed by atoms with Gasteiger partial charge in [-0.3, -0.25) is 9.36 Å². The molecule has 0 bridgehead atoms. The Balaban J connectivity index is 1.34. The lowest BCUT2D eigenvalue weighted by molar-refractivity contribution is 0.0920. The summed E-state index contributed by atoms with van der Waals surface area (Å²) in [6.45, 7) is 4.06. The number of piperidine rings is 1. The van der Waals surface area contributed by atoms with Gasteiger partial charge in [0.05, 0.1) is 11.0 Å². The van der Waals surface area contributed by atoms with Crippen molar-refractivity contribution in [2.24, 2.45) is 0 Å². The second-order valence-corrected chi connectivity index (χ2v) is 8.43. The molecule has 0 radical (unpaired) electrons. The fraction of sp³-hybridized carbons (Fsp3) is 0.364. The van der Waals surface area contributed by atoms with E-state index in [4.69, 9.17) is 11.6 Å². The topological polar surface area (TPSA) is 70.1 Å². The zero-order valence-corrected chi connectivity index (χ0v) is 17.8. The first-order valence-corrected chi connectivity index (χ1v) is 10.6. The van der Waals surface area contributed by atoms with Gasteiger partial charge in [-0.1, -0.05) is 11.6 Å².